The van der Waals surface area contributed by atoms with Gasteiger partial charge >= 0.3 is 0 Å². The third-order valence-corrected chi connectivity index (χ3v) is 3.97. The topological polar surface area (TPSA) is 36.4 Å². The maximum atomic E-state index is 4.28. The van der Waals surface area contributed by atoms with Gasteiger partial charge in [0.05, 0.1) is 0 Å². The standard InChI is InChI=1S/C13H25N3/c1-3-7-13(8-4-9-13)10-15-12(14-2)16-11-5-6-11/h11H,3-10H2,1-2H3,(H2,14,15,16). The van der Waals surface area contributed by atoms with Gasteiger partial charge in [-0.05, 0) is 37.5 Å². The number of hydrogen-bond donors (Lipinski definition) is 2. The van der Waals surface area contributed by atoms with Crippen LogP contribution in [0.15, 0.2) is 4.99 Å². The highest BCUT2D eigenvalue weighted by molar-refractivity contribution is 5.80. The lowest BCUT2D eigenvalue weighted by atomic mass is 9.66. The fourth-order valence-electron chi connectivity index (χ4n) is 2.61. The Morgan fingerprint density at radius 3 is 2.56 bits per heavy atom. The number of hydrogen-bond acceptors (Lipinski definition) is 1. The van der Waals surface area contributed by atoms with Crippen LogP contribution in [-0.2, 0) is 0 Å². The van der Waals surface area contributed by atoms with Gasteiger partial charge in [-0.2, -0.15) is 0 Å². The van der Waals surface area contributed by atoms with Gasteiger partial charge in [0.1, 0.15) is 0 Å². The van der Waals surface area contributed by atoms with Gasteiger partial charge in [0.2, 0.25) is 0 Å². The number of guanidine groups is 1. The van der Waals surface area contributed by atoms with E-state index in [0.717, 1.165) is 12.5 Å². The molecule has 0 saturated heterocycles. The molecule has 2 aliphatic carbocycles. The van der Waals surface area contributed by atoms with Crippen molar-refractivity contribution in [3.8, 4) is 0 Å². The van der Waals surface area contributed by atoms with Gasteiger partial charge < -0.3 is 10.6 Å². The molecule has 0 bridgehead atoms. The molecular formula is C13H25N3. The number of nitrogens with one attached hydrogen (secondary N) is 2. The molecule has 0 heterocycles. The van der Waals surface area contributed by atoms with Gasteiger partial charge in [-0.25, -0.2) is 0 Å². The highest BCUT2D eigenvalue weighted by Gasteiger charge is 2.36. The highest BCUT2D eigenvalue weighted by atomic mass is 15.2. The van der Waals surface area contributed by atoms with Crippen molar-refractivity contribution in [1.29, 1.82) is 0 Å². The molecule has 0 atom stereocenters. The molecule has 2 N–H and O–H groups in total. The Hall–Kier alpha value is -0.730. The van der Waals surface area contributed by atoms with Gasteiger partial charge in [-0.3, -0.25) is 4.99 Å². The van der Waals surface area contributed by atoms with E-state index in [2.05, 4.69) is 22.5 Å². The van der Waals surface area contributed by atoms with Crippen molar-refractivity contribution < 1.29 is 0 Å². The van der Waals surface area contributed by atoms with Crippen molar-refractivity contribution in [3.05, 3.63) is 0 Å². The van der Waals surface area contributed by atoms with E-state index >= 15 is 0 Å². The van der Waals surface area contributed by atoms with Gasteiger partial charge in [-0.1, -0.05) is 19.8 Å². The molecule has 2 aliphatic rings. The van der Waals surface area contributed by atoms with Crippen molar-refractivity contribution in [2.75, 3.05) is 13.6 Å². The molecule has 3 nitrogen and oxygen atoms in total. The van der Waals surface area contributed by atoms with E-state index in [9.17, 15) is 0 Å². The molecule has 0 aromatic carbocycles. The molecule has 0 aliphatic heterocycles. The summed E-state index contributed by atoms with van der Waals surface area (Å²) < 4.78 is 0. The third-order valence-electron chi connectivity index (χ3n) is 3.97. The van der Waals surface area contributed by atoms with E-state index in [4.69, 9.17) is 0 Å². The van der Waals surface area contributed by atoms with Crippen molar-refractivity contribution >= 4 is 5.96 Å². The monoisotopic (exact) mass is 223 g/mol. The molecule has 92 valence electrons. The first-order valence-corrected chi connectivity index (χ1v) is 6.75. The van der Waals surface area contributed by atoms with Crippen LogP contribution in [0.3, 0.4) is 0 Å². The second-order valence-electron chi connectivity index (χ2n) is 5.45. The minimum absolute atomic E-state index is 0.579. The summed E-state index contributed by atoms with van der Waals surface area (Å²) in [6, 6.07) is 0.690. The average molecular weight is 223 g/mol. The largest absolute Gasteiger partial charge is 0.356 e. The molecular weight excluding hydrogens is 198 g/mol. The Kier molecular flexibility index (Phi) is 3.72. The molecule has 0 spiro atoms. The second kappa shape index (κ2) is 5.07. The first kappa shape index (κ1) is 11.7. The van der Waals surface area contributed by atoms with Crippen LogP contribution in [0.5, 0.6) is 0 Å². The minimum atomic E-state index is 0.579. The van der Waals surface area contributed by atoms with Crippen LogP contribution in [0.4, 0.5) is 0 Å². The zero-order valence-electron chi connectivity index (χ0n) is 10.7. The molecule has 0 unspecified atom stereocenters. The summed E-state index contributed by atoms with van der Waals surface area (Å²) in [5.41, 5.74) is 0.579. The average Bonchev–Trinajstić information content (AvgIpc) is 3.03. The molecule has 0 aromatic heterocycles. The first-order chi connectivity index (χ1) is 7.78. The van der Waals surface area contributed by atoms with Crippen LogP contribution >= 0.6 is 0 Å². The van der Waals surface area contributed by atoms with E-state index in [1.807, 2.05) is 7.05 Å². The van der Waals surface area contributed by atoms with Crippen molar-refractivity contribution in [2.24, 2.45) is 10.4 Å². The summed E-state index contributed by atoms with van der Waals surface area (Å²) in [6.07, 6.45) is 9.48. The van der Waals surface area contributed by atoms with Gasteiger partial charge in [-0.15, -0.1) is 0 Å². The molecule has 0 radical (unpaired) electrons. The van der Waals surface area contributed by atoms with Crippen LogP contribution in [0.2, 0.25) is 0 Å². The zero-order chi connectivity index (χ0) is 11.4. The summed E-state index contributed by atoms with van der Waals surface area (Å²) in [6.45, 7) is 3.39. The molecule has 0 amide bonds. The van der Waals surface area contributed by atoms with Crippen LogP contribution in [-0.4, -0.2) is 25.6 Å². The smallest absolute Gasteiger partial charge is 0.191 e. The van der Waals surface area contributed by atoms with Gasteiger partial charge in [0, 0.05) is 19.6 Å². The fourth-order valence-corrected chi connectivity index (χ4v) is 2.61. The molecule has 2 fully saturated rings. The van der Waals surface area contributed by atoms with Crippen LogP contribution in [0, 0.1) is 5.41 Å². The predicted octanol–water partition coefficient (Wildman–Crippen LogP) is 2.28. The Labute approximate surface area is 99.1 Å². The minimum Gasteiger partial charge on any atom is -0.356 e. The number of aliphatic imine (C=N–C) groups is 1. The van der Waals surface area contributed by atoms with E-state index in [-0.39, 0.29) is 0 Å². The maximum absolute atomic E-state index is 4.28. The molecule has 16 heavy (non-hydrogen) atoms. The van der Waals surface area contributed by atoms with E-state index in [1.165, 1.54) is 44.9 Å². The second-order valence-corrected chi connectivity index (χ2v) is 5.45. The van der Waals surface area contributed by atoms with Gasteiger partial charge in [0.25, 0.3) is 0 Å². The van der Waals surface area contributed by atoms with E-state index in [1.54, 1.807) is 0 Å². The van der Waals surface area contributed by atoms with E-state index in [0.29, 0.717) is 11.5 Å². The lowest BCUT2D eigenvalue weighted by Gasteiger charge is -2.42. The van der Waals surface area contributed by atoms with Crippen LogP contribution in [0.1, 0.15) is 51.9 Å². The fraction of sp³-hybridized carbons (Fsp3) is 0.923. The van der Waals surface area contributed by atoms with Gasteiger partial charge in [0.15, 0.2) is 5.96 Å². The highest BCUT2D eigenvalue weighted by Crippen LogP contribution is 2.44. The van der Waals surface area contributed by atoms with Crippen molar-refractivity contribution in [1.82, 2.24) is 10.6 Å². The first-order valence-electron chi connectivity index (χ1n) is 6.75. The summed E-state index contributed by atoms with van der Waals surface area (Å²) in [5, 5.41) is 6.95. The van der Waals surface area contributed by atoms with Crippen molar-refractivity contribution in [2.45, 2.75) is 57.9 Å². The Bertz CT molecular complexity index is 252. The zero-order valence-corrected chi connectivity index (χ0v) is 10.7. The molecule has 2 rings (SSSR count). The summed E-state index contributed by atoms with van der Waals surface area (Å²) in [5.74, 6) is 1.00. The van der Waals surface area contributed by atoms with Crippen molar-refractivity contribution in [3.63, 3.8) is 0 Å². The Morgan fingerprint density at radius 1 is 1.38 bits per heavy atom. The number of rotatable bonds is 5. The van der Waals surface area contributed by atoms with Crippen LogP contribution < -0.4 is 10.6 Å². The predicted molar refractivity (Wildman–Crippen MR) is 68.7 cm³/mol. The maximum Gasteiger partial charge on any atom is 0.191 e. The molecule has 0 aromatic rings. The number of nitrogens with zero attached hydrogens (tertiary/aromatic N) is 1. The third kappa shape index (κ3) is 2.89. The summed E-state index contributed by atoms with van der Waals surface area (Å²) >= 11 is 0. The normalized spacial score (nSPS) is 23.8. The molecule has 3 heteroatoms. The van der Waals surface area contributed by atoms with E-state index < -0.39 is 0 Å². The Morgan fingerprint density at radius 2 is 2.12 bits per heavy atom. The quantitative estimate of drug-likeness (QED) is 0.554. The SMILES string of the molecule is CCCC1(CNC(=NC)NC2CC2)CCC1. The van der Waals surface area contributed by atoms with Crippen LogP contribution in [0.25, 0.3) is 0 Å². The Balaban J connectivity index is 1.75. The molecule has 2 saturated carbocycles. The lowest BCUT2D eigenvalue weighted by Crippen LogP contribution is -2.46. The summed E-state index contributed by atoms with van der Waals surface area (Å²) in [7, 11) is 1.87. The summed E-state index contributed by atoms with van der Waals surface area (Å²) in [4.78, 5) is 4.28. The lowest BCUT2D eigenvalue weighted by molar-refractivity contribution is 0.122.